The average molecular weight is 479 g/mol. The maximum atomic E-state index is 12.7. The van der Waals surface area contributed by atoms with Crippen LogP contribution in [0.4, 0.5) is 0 Å². The van der Waals surface area contributed by atoms with E-state index in [4.69, 9.17) is 0 Å². The Morgan fingerprint density at radius 2 is 1.15 bits per heavy atom. The van der Waals surface area contributed by atoms with Crippen LogP contribution in [0.25, 0.3) is 11.1 Å². The number of benzene rings is 3. The summed E-state index contributed by atoms with van der Waals surface area (Å²) in [6, 6.07) is 22.0. The SMILES string of the molecule is C[Si](C)(C)C#Cc1ccc(-c2ccc(C(=O)C(=O)c3ccccc3)cc2)c(C#C[Si](C)(C)C)c1. The largest absolute Gasteiger partial charge is 0.285 e. The Hall–Kier alpha value is -3.45. The minimum Gasteiger partial charge on any atom is -0.285 e. The summed E-state index contributed by atoms with van der Waals surface area (Å²) in [7, 11) is -3.05. The Kier molecular flexibility index (Phi) is 7.57. The highest BCUT2D eigenvalue weighted by molar-refractivity contribution is 6.84. The molecular weight excluding hydrogens is 449 g/mol. The van der Waals surface area contributed by atoms with Gasteiger partial charge in [0.25, 0.3) is 0 Å². The van der Waals surface area contributed by atoms with Crippen molar-refractivity contribution >= 4 is 27.7 Å². The Bertz CT molecular complexity index is 1330. The molecule has 0 amide bonds. The third kappa shape index (κ3) is 7.02. The fraction of sp³-hybridized carbons (Fsp3) is 0.200. The molecule has 2 nitrogen and oxygen atoms in total. The molecule has 0 saturated heterocycles. The summed E-state index contributed by atoms with van der Waals surface area (Å²) in [6.45, 7) is 13.3. The van der Waals surface area contributed by atoms with Crippen LogP contribution in [-0.4, -0.2) is 27.7 Å². The molecule has 3 aromatic carbocycles. The predicted molar refractivity (Wildman–Crippen MR) is 147 cm³/mol. The molecule has 0 spiro atoms. The molecule has 0 aromatic heterocycles. The van der Waals surface area contributed by atoms with Gasteiger partial charge in [-0.25, -0.2) is 0 Å². The second-order valence-corrected chi connectivity index (χ2v) is 19.9. The topological polar surface area (TPSA) is 34.1 Å². The summed E-state index contributed by atoms with van der Waals surface area (Å²) >= 11 is 0. The van der Waals surface area contributed by atoms with Crippen LogP contribution in [0, 0.1) is 22.9 Å². The monoisotopic (exact) mass is 478 g/mol. The normalized spacial score (nSPS) is 11.0. The van der Waals surface area contributed by atoms with Crippen molar-refractivity contribution in [2.75, 3.05) is 0 Å². The van der Waals surface area contributed by atoms with Crippen LogP contribution in [0.5, 0.6) is 0 Å². The summed E-state index contributed by atoms with van der Waals surface area (Å²) in [5, 5.41) is 0. The van der Waals surface area contributed by atoms with Gasteiger partial charge in [0.05, 0.1) is 0 Å². The lowest BCUT2D eigenvalue weighted by atomic mass is 9.95. The van der Waals surface area contributed by atoms with Gasteiger partial charge >= 0.3 is 0 Å². The van der Waals surface area contributed by atoms with Gasteiger partial charge in [0.1, 0.15) is 16.1 Å². The molecule has 0 aliphatic heterocycles. The van der Waals surface area contributed by atoms with Crippen LogP contribution in [0.1, 0.15) is 31.8 Å². The molecule has 4 heteroatoms. The molecule has 0 bridgehead atoms. The van der Waals surface area contributed by atoms with Crippen LogP contribution < -0.4 is 0 Å². The molecule has 170 valence electrons. The fourth-order valence-corrected chi connectivity index (χ4v) is 4.17. The highest BCUT2D eigenvalue weighted by atomic mass is 28.3. The number of hydrogen-bond acceptors (Lipinski definition) is 2. The van der Waals surface area contributed by atoms with E-state index in [1.54, 1.807) is 36.4 Å². The van der Waals surface area contributed by atoms with Crippen molar-refractivity contribution < 1.29 is 9.59 Å². The summed E-state index contributed by atoms with van der Waals surface area (Å²) in [4.78, 5) is 25.2. The van der Waals surface area contributed by atoms with Gasteiger partial charge in [-0.1, -0.05) is 112 Å². The van der Waals surface area contributed by atoms with E-state index < -0.39 is 27.7 Å². The van der Waals surface area contributed by atoms with E-state index in [0.717, 1.165) is 22.3 Å². The lowest BCUT2D eigenvalue weighted by molar-refractivity contribution is 0.0817. The minimum atomic E-state index is -1.57. The van der Waals surface area contributed by atoms with Crippen LogP contribution in [-0.2, 0) is 0 Å². The molecule has 0 heterocycles. The van der Waals surface area contributed by atoms with E-state index in [1.807, 2.05) is 24.3 Å². The van der Waals surface area contributed by atoms with E-state index in [9.17, 15) is 9.59 Å². The molecule has 0 N–H and O–H groups in total. The molecular formula is C30H30O2Si2. The van der Waals surface area contributed by atoms with Crippen LogP contribution >= 0.6 is 0 Å². The highest BCUT2D eigenvalue weighted by Gasteiger charge is 2.18. The van der Waals surface area contributed by atoms with E-state index in [2.05, 4.69) is 74.3 Å². The van der Waals surface area contributed by atoms with E-state index in [1.165, 1.54) is 0 Å². The van der Waals surface area contributed by atoms with Gasteiger partial charge in [-0.15, -0.1) is 11.1 Å². The zero-order valence-electron chi connectivity index (χ0n) is 20.7. The molecule has 34 heavy (non-hydrogen) atoms. The molecule has 0 saturated carbocycles. The molecule has 0 atom stereocenters. The van der Waals surface area contributed by atoms with Gasteiger partial charge in [-0.05, 0) is 23.3 Å². The van der Waals surface area contributed by atoms with Crippen molar-refractivity contribution in [3.05, 3.63) is 95.1 Å². The first kappa shape index (κ1) is 25.2. The lowest BCUT2D eigenvalue weighted by Crippen LogP contribution is -2.16. The molecule has 0 radical (unpaired) electrons. The van der Waals surface area contributed by atoms with Crippen molar-refractivity contribution in [3.63, 3.8) is 0 Å². The zero-order chi connectivity index (χ0) is 24.9. The molecule has 0 fully saturated rings. The van der Waals surface area contributed by atoms with Gasteiger partial charge < -0.3 is 0 Å². The van der Waals surface area contributed by atoms with E-state index in [-0.39, 0.29) is 0 Å². The predicted octanol–water partition coefficient (Wildman–Crippen LogP) is 6.88. The third-order valence-corrected chi connectivity index (χ3v) is 6.62. The van der Waals surface area contributed by atoms with Gasteiger partial charge in [0.2, 0.25) is 11.6 Å². The Labute approximate surface area is 205 Å². The maximum Gasteiger partial charge on any atom is 0.233 e. The highest BCUT2D eigenvalue weighted by Crippen LogP contribution is 2.25. The molecule has 3 aromatic rings. The van der Waals surface area contributed by atoms with Gasteiger partial charge in [-0.2, -0.15) is 0 Å². The van der Waals surface area contributed by atoms with E-state index >= 15 is 0 Å². The first-order chi connectivity index (χ1) is 15.9. The summed E-state index contributed by atoms with van der Waals surface area (Å²) < 4.78 is 0. The minimum absolute atomic E-state index is 0.380. The van der Waals surface area contributed by atoms with Crippen LogP contribution in [0.3, 0.4) is 0 Å². The number of carbonyl (C=O) groups is 2. The number of rotatable bonds is 4. The molecule has 0 aliphatic rings. The smallest absolute Gasteiger partial charge is 0.233 e. The van der Waals surface area contributed by atoms with Crippen molar-refractivity contribution in [2.24, 2.45) is 0 Å². The van der Waals surface area contributed by atoms with E-state index in [0.29, 0.717) is 11.1 Å². The molecule has 0 aliphatic carbocycles. The third-order valence-electron chi connectivity index (χ3n) is 4.87. The quantitative estimate of drug-likeness (QED) is 0.177. The first-order valence-electron chi connectivity index (χ1n) is 11.4. The van der Waals surface area contributed by atoms with Gasteiger partial charge in [-0.3, -0.25) is 9.59 Å². The van der Waals surface area contributed by atoms with Crippen molar-refractivity contribution in [2.45, 2.75) is 39.3 Å². The second-order valence-electron chi connectivity index (χ2n) is 10.4. The van der Waals surface area contributed by atoms with Crippen LogP contribution in [0.2, 0.25) is 39.3 Å². The van der Waals surface area contributed by atoms with Gasteiger partial charge in [0.15, 0.2) is 0 Å². The number of carbonyl (C=O) groups excluding carboxylic acids is 2. The Balaban J connectivity index is 1.97. The lowest BCUT2D eigenvalue weighted by Gasteiger charge is -2.09. The summed E-state index contributed by atoms with van der Waals surface area (Å²) in [6.07, 6.45) is 0. The number of hydrogen-bond donors (Lipinski definition) is 0. The standard InChI is InChI=1S/C30H30O2Si2/c1-33(2,3)20-18-23-12-17-28(27(22-23)19-21-34(4,5)6)24-13-15-26(16-14-24)30(32)29(31)25-10-8-7-9-11-25/h7-17,22H,1-6H3. The number of Topliss-reactive ketones (excluding diaryl/α,β-unsaturated/α-hetero) is 2. The second kappa shape index (κ2) is 10.2. The van der Waals surface area contributed by atoms with Crippen molar-refractivity contribution in [3.8, 4) is 34.1 Å². The van der Waals surface area contributed by atoms with Crippen LogP contribution in [0.15, 0.2) is 72.8 Å². The zero-order valence-corrected chi connectivity index (χ0v) is 22.7. The van der Waals surface area contributed by atoms with Crippen molar-refractivity contribution in [1.29, 1.82) is 0 Å². The summed E-state index contributed by atoms with van der Waals surface area (Å²) in [5.41, 5.74) is 11.5. The first-order valence-corrected chi connectivity index (χ1v) is 18.4. The maximum absolute atomic E-state index is 12.7. The molecule has 0 unspecified atom stereocenters. The van der Waals surface area contributed by atoms with Crippen molar-refractivity contribution in [1.82, 2.24) is 0 Å². The molecule has 3 rings (SSSR count). The number of ketones is 2. The Morgan fingerprint density at radius 3 is 1.71 bits per heavy atom. The Morgan fingerprint density at radius 1 is 0.618 bits per heavy atom. The van der Waals surface area contributed by atoms with Gasteiger partial charge in [0, 0.05) is 22.3 Å². The summed E-state index contributed by atoms with van der Waals surface area (Å²) in [5.74, 6) is 5.72. The average Bonchev–Trinajstić information content (AvgIpc) is 2.80. The fourth-order valence-electron chi connectivity index (χ4n) is 3.14.